The molecule has 2 aromatic rings. The standard InChI is InChI=1S/C10H11BrN4O2S/c1-7-3-8(11)4-12-10(7)14-18(16,17)9-5-13-15(2)6-9/h3-6H,1-2H3,(H,12,14). The van der Waals surface area contributed by atoms with E-state index in [1.165, 1.54) is 23.3 Å². The van der Waals surface area contributed by atoms with E-state index in [1.54, 1.807) is 20.0 Å². The third kappa shape index (κ3) is 2.70. The summed E-state index contributed by atoms with van der Waals surface area (Å²) in [6.45, 7) is 1.78. The summed E-state index contributed by atoms with van der Waals surface area (Å²) in [4.78, 5) is 4.14. The number of aryl methyl sites for hydroxylation is 2. The van der Waals surface area contributed by atoms with Crippen molar-refractivity contribution in [1.82, 2.24) is 14.8 Å². The van der Waals surface area contributed by atoms with Gasteiger partial charge in [-0.25, -0.2) is 13.4 Å². The van der Waals surface area contributed by atoms with E-state index < -0.39 is 10.0 Å². The molecule has 2 aromatic heterocycles. The Balaban J connectivity index is 2.33. The molecule has 0 saturated heterocycles. The van der Waals surface area contributed by atoms with Crippen LogP contribution in [0.2, 0.25) is 0 Å². The highest BCUT2D eigenvalue weighted by Crippen LogP contribution is 2.19. The minimum Gasteiger partial charge on any atom is -0.274 e. The lowest BCUT2D eigenvalue weighted by Crippen LogP contribution is -2.14. The minimum atomic E-state index is -3.64. The van der Waals surface area contributed by atoms with Gasteiger partial charge in [-0.15, -0.1) is 0 Å². The number of nitrogens with zero attached hydrogens (tertiary/aromatic N) is 3. The van der Waals surface area contributed by atoms with Crippen LogP contribution in [0.15, 0.2) is 34.0 Å². The zero-order chi connectivity index (χ0) is 13.3. The molecule has 0 unspecified atom stereocenters. The van der Waals surface area contributed by atoms with Crippen molar-refractivity contribution in [3.8, 4) is 0 Å². The van der Waals surface area contributed by atoms with Crippen molar-refractivity contribution in [1.29, 1.82) is 0 Å². The number of pyridine rings is 1. The van der Waals surface area contributed by atoms with E-state index in [0.29, 0.717) is 5.82 Å². The first-order chi connectivity index (χ1) is 8.38. The Morgan fingerprint density at radius 1 is 1.39 bits per heavy atom. The van der Waals surface area contributed by atoms with Crippen LogP contribution in [0, 0.1) is 6.92 Å². The fourth-order valence-electron chi connectivity index (χ4n) is 1.37. The van der Waals surface area contributed by atoms with Gasteiger partial charge in [0.1, 0.15) is 10.7 Å². The van der Waals surface area contributed by atoms with Crippen molar-refractivity contribution in [3.63, 3.8) is 0 Å². The highest BCUT2D eigenvalue weighted by Gasteiger charge is 2.17. The summed E-state index contributed by atoms with van der Waals surface area (Å²) in [5, 5.41) is 3.83. The summed E-state index contributed by atoms with van der Waals surface area (Å²) in [6.07, 6.45) is 4.25. The monoisotopic (exact) mass is 330 g/mol. The lowest BCUT2D eigenvalue weighted by Gasteiger charge is -2.08. The number of anilines is 1. The molecule has 2 heterocycles. The molecule has 0 aliphatic heterocycles. The average molecular weight is 331 g/mol. The highest BCUT2D eigenvalue weighted by atomic mass is 79.9. The zero-order valence-electron chi connectivity index (χ0n) is 9.75. The maximum atomic E-state index is 12.0. The molecular weight excluding hydrogens is 320 g/mol. The Bertz CT molecular complexity index is 681. The fraction of sp³-hybridized carbons (Fsp3) is 0.200. The summed E-state index contributed by atoms with van der Waals surface area (Å²) in [7, 11) is -1.98. The number of halogens is 1. The molecule has 0 amide bonds. The summed E-state index contributed by atoms with van der Waals surface area (Å²) in [5.41, 5.74) is 0.733. The van der Waals surface area contributed by atoms with Crippen LogP contribution in [-0.2, 0) is 17.1 Å². The van der Waals surface area contributed by atoms with Gasteiger partial charge in [0.15, 0.2) is 0 Å². The third-order valence-electron chi connectivity index (χ3n) is 2.27. The number of hydrogen-bond acceptors (Lipinski definition) is 4. The van der Waals surface area contributed by atoms with Gasteiger partial charge in [-0.1, -0.05) is 0 Å². The molecule has 0 aliphatic rings. The quantitative estimate of drug-likeness (QED) is 0.928. The smallest absolute Gasteiger partial charge is 0.266 e. The van der Waals surface area contributed by atoms with Crippen molar-refractivity contribution in [2.75, 3.05) is 4.72 Å². The van der Waals surface area contributed by atoms with E-state index in [-0.39, 0.29) is 4.90 Å². The van der Waals surface area contributed by atoms with E-state index in [4.69, 9.17) is 0 Å². The molecule has 8 heteroatoms. The van der Waals surface area contributed by atoms with Gasteiger partial charge < -0.3 is 0 Å². The number of sulfonamides is 1. The Morgan fingerprint density at radius 3 is 2.67 bits per heavy atom. The average Bonchev–Trinajstić information content (AvgIpc) is 2.70. The summed E-state index contributed by atoms with van der Waals surface area (Å²) >= 11 is 3.27. The minimum absolute atomic E-state index is 0.106. The van der Waals surface area contributed by atoms with Crippen molar-refractivity contribution in [2.24, 2.45) is 7.05 Å². The first-order valence-corrected chi connectivity index (χ1v) is 7.30. The molecule has 96 valence electrons. The zero-order valence-corrected chi connectivity index (χ0v) is 12.2. The van der Waals surface area contributed by atoms with Crippen molar-refractivity contribution < 1.29 is 8.42 Å². The first-order valence-electron chi connectivity index (χ1n) is 5.02. The van der Waals surface area contributed by atoms with Crippen LogP contribution in [0.1, 0.15) is 5.56 Å². The van der Waals surface area contributed by atoms with Crippen LogP contribution in [0.3, 0.4) is 0 Å². The molecular formula is C10H11BrN4O2S. The van der Waals surface area contributed by atoms with Crippen LogP contribution in [0.5, 0.6) is 0 Å². The van der Waals surface area contributed by atoms with E-state index in [0.717, 1.165) is 10.0 Å². The second-order valence-electron chi connectivity index (χ2n) is 3.77. The molecule has 18 heavy (non-hydrogen) atoms. The molecule has 6 nitrogen and oxygen atoms in total. The number of rotatable bonds is 3. The van der Waals surface area contributed by atoms with Gasteiger partial charge in [-0.3, -0.25) is 9.40 Å². The van der Waals surface area contributed by atoms with E-state index in [2.05, 4.69) is 30.7 Å². The normalized spacial score (nSPS) is 11.5. The SMILES string of the molecule is Cc1cc(Br)cnc1NS(=O)(=O)c1cnn(C)c1. The van der Waals surface area contributed by atoms with Gasteiger partial charge in [-0.05, 0) is 34.5 Å². The number of aromatic nitrogens is 3. The van der Waals surface area contributed by atoms with Crippen LogP contribution in [0.4, 0.5) is 5.82 Å². The fourth-order valence-corrected chi connectivity index (χ4v) is 2.88. The third-order valence-corrected chi connectivity index (χ3v) is 3.99. The van der Waals surface area contributed by atoms with Gasteiger partial charge in [0, 0.05) is 23.9 Å². The molecule has 2 rings (SSSR count). The lowest BCUT2D eigenvalue weighted by atomic mass is 10.3. The first kappa shape index (κ1) is 13.0. The van der Waals surface area contributed by atoms with Gasteiger partial charge >= 0.3 is 0 Å². The predicted molar refractivity (Wildman–Crippen MR) is 70.7 cm³/mol. The van der Waals surface area contributed by atoms with Crippen LogP contribution in [0.25, 0.3) is 0 Å². The molecule has 1 N–H and O–H groups in total. The van der Waals surface area contributed by atoms with Gasteiger partial charge in [-0.2, -0.15) is 5.10 Å². The van der Waals surface area contributed by atoms with E-state index in [9.17, 15) is 8.42 Å². The van der Waals surface area contributed by atoms with E-state index >= 15 is 0 Å². The van der Waals surface area contributed by atoms with E-state index in [1.807, 2.05) is 0 Å². The predicted octanol–water partition coefficient (Wildman–Crippen LogP) is 1.69. The van der Waals surface area contributed by atoms with Crippen LogP contribution < -0.4 is 4.72 Å². The summed E-state index contributed by atoms with van der Waals surface area (Å²) in [5.74, 6) is 0.307. The summed E-state index contributed by atoms with van der Waals surface area (Å²) < 4.78 is 28.7. The maximum absolute atomic E-state index is 12.0. The largest absolute Gasteiger partial charge is 0.274 e. The van der Waals surface area contributed by atoms with Crippen molar-refractivity contribution in [3.05, 3.63) is 34.7 Å². The van der Waals surface area contributed by atoms with Crippen LogP contribution >= 0.6 is 15.9 Å². The molecule has 0 aromatic carbocycles. The maximum Gasteiger partial charge on any atom is 0.266 e. The molecule has 0 fully saturated rings. The molecule has 0 saturated carbocycles. The topological polar surface area (TPSA) is 76.9 Å². The highest BCUT2D eigenvalue weighted by molar-refractivity contribution is 9.10. The second kappa shape index (κ2) is 4.69. The van der Waals surface area contributed by atoms with Gasteiger partial charge in [0.05, 0.1) is 6.20 Å². The Labute approximate surface area is 113 Å². The van der Waals surface area contributed by atoms with Crippen LogP contribution in [-0.4, -0.2) is 23.2 Å². The molecule has 0 atom stereocenters. The molecule has 0 spiro atoms. The molecule has 0 bridgehead atoms. The summed E-state index contributed by atoms with van der Waals surface area (Å²) in [6, 6.07) is 1.79. The van der Waals surface area contributed by atoms with Gasteiger partial charge in [0.25, 0.3) is 10.0 Å². The second-order valence-corrected chi connectivity index (χ2v) is 6.37. The Kier molecular flexibility index (Phi) is 3.40. The Morgan fingerprint density at radius 2 is 2.11 bits per heavy atom. The number of nitrogens with one attached hydrogen (secondary N) is 1. The Hall–Kier alpha value is -1.41. The van der Waals surface area contributed by atoms with Gasteiger partial charge in [0.2, 0.25) is 0 Å². The van der Waals surface area contributed by atoms with Crippen molar-refractivity contribution in [2.45, 2.75) is 11.8 Å². The molecule has 0 aliphatic carbocycles. The lowest BCUT2D eigenvalue weighted by molar-refractivity contribution is 0.601. The molecule has 0 radical (unpaired) electrons. The number of hydrogen-bond donors (Lipinski definition) is 1. The van der Waals surface area contributed by atoms with Crippen molar-refractivity contribution >= 4 is 31.8 Å².